The zero-order valence-electron chi connectivity index (χ0n) is 13.2. The molecule has 5 nitrogen and oxygen atoms in total. The minimum Gasteiger partial charge on any atom is -0.353 e. The van der Waals surface area contributed by atoms with Crippen LogP contribution in [0, 0.1) is 12.8 Å². The lowest BCUT2D eigenvalue weighted by Crippen LogP contribution is -2.50. The van der Waals surface area contributed by atoms with Gasteiger partial charge in [0.25, 0.3) is 5.91 Å². The highest BCUT2D eigenvalue weighted by Crippen LogP contribution is 2.09. The van der Waals surface area contributed by atoms with Crippen LogP contribution in [0.15, 0.2) is 24.3 Å². The third kappa shape index (κ3) is 5.19. The number of carbonyl (C=O) groups excluding carboxylic acids is 2. The number of rotatable bonds is 7. The van der Waals surface area contributed by atoms with Gasteiger partial charge in [0.05, 0.1) is 0 Å². The molecule has 3 N–H and O–H groups in total. The minimum absolute atomic E-state index is 0.0209. The van der Waals surface area contributed by atoms with E-state index in [9.17, 15) is 9.59 Å². The normalized spacial score (nSPS) is 12.0. The van der Waals surface area contributed by atoms with Crippen molar-refractivity contribution in [3.05, 3.63) is 35.4 Å². The van der Waals surface area contributed by atoms with Crippen molar-refractivity contribution in [1.82, 2.24) is 16.0 Å². The highest BCUT2D eigenvalue weighted by Gasteiger charge is 2.24. The first-order valence-electron chi connectivity index (χ1n) is 7.26. The Morgan fingerprint density at radius 3 is 2.38 bits per heavy atom. The fourth-order valence-corrected chi connectivity index (χ4v) is 2.00. The molecule has 0 spiro atoms. The van der Waals surface area contributed by atoms with Crippen LogP contribution in [0.2, 0.25) is 0 Å². The lowest BCUT2D eigenvalue weighted by molar-refractivity contribution is -0.123. The minimum atomic E-state index is -0.533. The van der Waals surface area contributed by atoms with E-state index in [1.807, 2.05) is 46.0 Å². The van der Waals surface area contributed by atoms with Crippen molar-refractivity contribution in [2.45, 2.75) is 26.8 Å². The fourth-order valence-electron chi connectivity index (χ4n) is 2.00. The van der Waals surface area contributed by atoms with Crippen molar-refractivity contribution >= 4 is 11.8 Å². The SMILES string of the molecule is CNCCNC(=O)C(NC(=O)c1ccccc1C)C(C)C. The molecule has 0 aliphatic rings. The molecule has 1 atom stereocenters. The van der Waals surface area contributed by atoms with Crippen molar-refractivity contribution in [3.63, 3.8) is 0 Å². The number of aryl methyl sites for hydroxylation is 1. The number of likely N-dealkylation sites (N-methyl/N-ethyl adjacent to an activating group) is 1. The average Bonchev–Trinajstić information content (AvgIpc) is 2.44. The zero-order chi connectivity index (χ0) is 15.8. The summed E-state index contributed by atoms with van der Waals surface area (Å²) in [5.41, 5.74) is 1.50. The number of benzene rings is 1. The smallest absolute Gasteiger partial charge is 0.252 e. The van der Waals surface area contributed by atoms with Crippen LogP contribution in [0.5, 0.6) is 0 Å². The van der Waals surface area contributed by atoms with E-state index < -0.39 is 6.04 Å². The van der Waals surface area contributed by atoms with Crippen LogP contribution >= 0.6 is 0 Å². The molecule has 1 unspecified atom stereocenters. The molecule has 0 aliphatic heterocycles. The number of nitrogens with one attached hydrogen (secondary N) is 3. The Kier molecular flexibility index (Phi) is 6.88. The van der Waals surface area contributed by atoms with Gasteiger partial charge < -0.3 is 16.0 Å². The Morgan fingerprint density at radius 2 is 1.81 bits per heavy atom. The second-order valence-electron chi connectivity index (χ2n) is 5.40. The van der Waals surface area contributed by atoms with Crippen LogP contribution < -0.4 is 16.0 Å². The van der Waals surface area contributed by atoms with Gasteiger partial charge in [-0.1, -0.05) is 32.0 Å². The molecule has 1 aromatic carbocycles. The molecular formula is C16H25N3O2. The van der Waals surface area contributed by atoms with Crippen LogP contribution in [-0.4, -0.2) is 38.0 Å². The molecule has 0 saturated heterocycles. The second kappa shape index (κ2) is 8.42. The highest BCUT2D eigenvalue weighted by molar-refractivity contribution is 5.98. The Balaban J connectivity index is 2.72. The summed E-state index contributed by atoms with van der Waals surface area (Å²) in [6, 6.07) is 6.82. The molecule has 2 amide bonds. The quantitative estimate of drug-likeness (QED) is 0.659. The summed E-state index contributed by atoms with van der Waals surface area (Å²) in [5, 5.41) is 8.61. The Labute approximate surface area is 126 Å². The summed E-state index contributed by atoms with van der Waals surface area (Å²) in [5.74, 6) is -0.342. The average molecular weight is 291 g/mol. The van der Waals surface area contributed by atoms with Gasteiger partial charge in [0.2, 0.25) is 5.91 Å². The monoisotopic (exact) mass is 291 g/mol. The first-order chi connectivity index (χ1) is 9.97. The molecule has 0 saturated carbocycles. The molecule has 21 heavy (non-hydrogen) atoms. The van der Waals surface area contributed by atoms with Crippen LogP contribution in [0.25, 0.3) is 0 Å². The van der Waals surface area contributed by atoms with E-state index in [-0.39, 0.29) is 17.7 Å². The van der Waals surface area contributed by atoms with Gasteiger partial charge in [0.15, 0.2) is 0 Å². The van der Waals surface area contributed by atoms with Gasteiger partial charge in [-0.3, -0.25) is 9.59 Å². The van der Waals surface area contributed by atoms with E-state index in [0.29, 0.717) is 18.7 Å². The Hall–Kier alpha value is -1.88. The summed E-state index contributed by atoms with van der Waals surface area (Å²) in [6.07, 6.45) is 0. The van der Waals surface area contributed by atoms with Crippen LogP contribution in [0.1, 0.15) is 29.8 Å². The third-order valence-electron chi connectivity index (χ3n) is 3.30. The topological polar surface area (TPSA) is 70.2 Å². The van der Waals surface area contributed by atoms with E-state index in [4.69, 9.17) is 0 Å². The molecule has 1 rings (SSSR count). The van der Waals surface area contributed by atoms with Gasteiger partial charge in [0, 0.05) is 18.7 Å². The Morgan fingerprint density at radius 1 is 1.14 bits per heavy atom. The predicted molar refractivity (Wildman–Crippen MR) is 84.2 cm³/mol. The van der Waals surface area contributed by atoms with E-state index >= 15 is 0 Å². The standard InChI is InChI=1S/C16H25N3O2/c1-11(2)14(16(21)18-10-9-17-4)19-15(20)13-8-6-5-7-12(13)3/h5-8,11,14,17H,9-10H2,1-4H3,(H,18,21)(H,19,20). The van der Waals surface area contributed by atoms with Crippen molar-refractivity contribution in [2.75, 3.05) is 20.1 Å². The summed E-state index contributed by atoms with van der Waals surface area (Å²) < 4.78 is 0. The number of carbonyl (C=O) groups is 2. The van der Waals surface area contributed by atoms with E-state index in [2.05, 4.69) is 16.0 Å². The number of amides is 2. The highest BCUT2D eigenvalue weighted by atomic mass is 16.2. The molecule has 116 valence electrons. The van der Waals surface area contributed by atoms with Crippen molar-refractivity contribution < 1.29 is 9.59 Å². The molecule has 0 fully saturated rings. The van der Waals surface area contributed by atoms with Gasteiger partial charge >= 0.3 is 0 Å². The maximum atomic E-state index is 12.3. The summed E-state index contributed by atoms with van der Waals surface area (Å²) in [6.45, 7) is 6.95. The number of hydrogen-bond acceptors (Lipinski definition) is 3. The van der Waals surface area contributed by atoms with Gasteiger partial charge in [-0.05, 0) is 31.5 Å². The van der Waals surface area contributed by atoms with Gasteiger partial charge in [-0.2, -0.15) is 0 Å². The van der Waals surface area contributed by atoms with E-state index in [1.54, 1.807) is 6.07 Å². The molecule has 0 aromatic heterocycles. The molecular weight excluding hydrogens is 266 g/mol. The third-order valence-corrected chi connectivity index (χ3v) is 3.30. The second-order valence-corrected chi connectivity index (χ2v) is 5.40. The van der Waals surface area contributed by atoms with Crippen molar-refractivity contribution in [2.24, 2.45) is 5.92 Å². The van der Waals surface area contributed by atoms with E-state index in [0.717, 1.165) is 5.56 Å². The lowest BCUT2D eigenvalue weighted by atomic mass is 10.0. The zero-order valence-corrected chi connectivity index (χ0v) is 13.2. The molecule has 1 aromatic rings. The summed E-state index contributed by atoms with van der Waals surface area (Å²) >= 11 is 0. The van der Waals surface area contributed by atoms with Gasteiger partial charge in [-0.15, -0.1) is 0 Å². The Bertz CT molecular complexity index is 486. The molecule has 5 heteroatoms. The lowest BCUT2D eigenvalue weighted by Gasteiger charge is -2.22. The molecule has 0 heterocycles. The first kappa shape index (κ1) is 17.2. The van der Waals surface area contributed by atoms with E-state index in [1.165, 1.54) is 0 Å². The summed E-state index contributed by atoms with van der Waals surface area (Å²) in [4.78, 5) is 24.5. The van der Waals surface area contributed by atoms with Gasteiger partial charge in [-0.25, -0.2) is 0 Å². The summed E-state index contributed by atoms with van der Waals surface area (Å²) in [7, 11) is 1.83. The van der Waals surface area contributed by atoms with Crippen LogP contribution in [0.3, 0.4) is 0 Å². The molecule has 0 aliphatic carbocycles. The van der Waals surface area contributed by atoms with Crippen molar-refractivity contribution in [1.29, 1.82) is 0 Å². The van der Waals surface area contributed by atoms with Crippen molar-refractivity contribution in [3.8, 4) is 0 Å². The maximum Gasteiger partial charge on any atom is 0.252 e. The van der Waals surface area contributed by atoms with Crippen LogP contribution in [0.4, 0.5) is 0 Å². The maximum absolute atomic E-state index is 12.3. The largest absolute Gasteiger partial charge is 0.353 e. The van der Waals surface area contributed by atoms with Gasteiger partial charge in [0.1, 0.15) is 6.04 Å². The fraction of sp³-hybridized carbons (Fsp3) is 0.500. The van der Waals surface area contributed by atoms with Crippen LogP contribution in [-0.2, 0) is 4.79 Å². The number of hydrogen-bond donors (Lipinski definition) is 3. The predicted octanol–water partition coefficient (Wildman–Crippen LogP) is 1.09. The first-order valence-corrected chi connectivity index (χ1v) is 7.26. The molecule has 0 bridgehead atoms. The molecule has 0 radical (unpaired) electrons.